The zero-order valence-corrected chi connectivity index (χ0v) is 17.1. The molecular weight excluding hydrogens is 392 g/mol. The fraction of sp³-hybridized carbons (Fsp3) is 0.286. The molecule has 1 atom stereocenters. The number of carbonyl (C=O) groups excluding carboxylic acids is 3. The van der Waals surface area contributed by atoms with Gasteiger partial charge in [-0.1, -0.05) is 61.0 Å². The van der Waals surface area contributed by atoms with Crippen molar-refractivity contribution in [2.75, 3.05) is 13.6 Å². The smallest absolute Gasteiger partial charge is 0.318 e. The number of hydrogen-bond donors (Lipinski definition) is 2. The molecule has 0 unspecified atom stereocenters. The van der Waals surface area contributed by atoms with Gasteiger partial charge in [0.2, 0.25) is 0 Å². The number of imide groups is 1. The van der Waals surface area contributed by atoms with E-state index in [0.717, 1.165) is 10.6 Å². The molecule has 4 amide bonds. The van der Waals surface area contributed by atoms with Gasteiger partial charge >= 0.3 is 6.03 Å². The van der Waals surface area contributed by atoms with Gasteiger partial charge in [-0.25, -0.2) is 4.79 Å². The number of nitrogens with one attached hydrogen (secondary N) is 2. The summed E-state index contributed by atoms with van der Waals surface area (Å²) in [5.41, 5.74) is 2.93. The van der Waals surface area contributed by atoms with Crippen molar-refractivity contribution in [2.45, 2.75) is 25.4 Å². The van der Waals surface area contributed by atoms with E-state index in [1.165, 1.54) is 0 Å². The molecule has 7 nitrogen and oxygen atoms in total. The third kappa shape index (κ3) is 4.41. The van der Waals surface area contributed by atoms with Crippen molar-refractivity contribution in [3.63, 3.8) is 0 Å². The lowest BCUT2D eigenvalue weighted by atomic mass is 9.87. The minimum absolute atomic E-state index is 0.0180. The van der Waals surface area contributed by atoms with Gasteiger partial charge in [-0.3, -0.25) is 19.9 Å². The van der Waals surface area contributed by atoms with Crippen LogP contribution >= 0.6 is 11.6 Å². The Hall–Kier alpha value is -2.90. The van der Waals surface area contributed by atoms with Crippen molar-refractivity contribution in [1.29, 1.82) is 0 Å². The summed E-state index contributed by atoms with van der Waals surface area (Å²) in [6.45, 7) is 2.36. The van der Waals surface area contributed by atoms with Gasteiger partial charge < -0.3 is 5.32 Å². The number of nitrogens with zero attached hydrogens (tertiary/aromatic N) is 2. The molecule has 0 bridgehead atoms. The van der Waals surface area contributed by atoms with E-state index in [4.69, 9.17) is 11.6 Å². The number of hydrazine groups is 1. The molecule has 1 fully saturated rings. The first-order valence-electron chi connectivity index (χ1n) is 9.30. The first kappa shape index (κ1) is 20.8. The Balaban J connectivity index is 1.65. The molecule has 3 rings (SSSR count). The molecule has 1 aliphatic heterocycles. The fourth-order valence-corrected chi connectivity index (χ4v) is 3.53. The molecule has 1 aliphatic rings. The van der Waals surface area contributed by atoms with Crippen molar-refractivity contribution in [3.05, 3.63) is 70.7 Å². The largest absolute Gasteiger partial charge is 0.344 e. The maximum atomic E-state index is 13.0. The number of carbonyl (C=O) groups is 3. The second kappa shape index (κ2) is 8.63. The summed E-state index contributed by atoms with van der Waals surface area (Å²) >= 11 is 5.88. The fourth-order valence-electron chi connectivity index (χ4n) is 3.40. The maximum Gasteiger partial charge on any atom is 0.344 e. The predicted molar refractivity (Wildman–Crippen MR) is 110 cm³/mol. The summed E-state index contributed by atoms with van der Waals surface area (Å²) in [5, 5.41) is 4.15. The summed E-state index contributed by atoms with van der Waals surface area (Å²) in [7, 11) is 1.78. The monoisotopic (exact) mass is 414 g/mol. The number of rotatable bonds is 7. The summed E-state index contributed by atoms with van der Waals surface area (Å²) in [5.74, 6) is -0.949. The van der Waals surface area contributed by atoms with Gasteiger partial charge in [-0.05, 0) is 36.7 Å². The Morgan fingerprint density at radius 1 is 1.14 bits per heavy atom. The van der Waals surface area contributed by atoms with Crippen LogP contribution in [0.3, 0.4) is 0 Å². The molecule has 29 heavy (non-hydrogen) atoms. The number of benzene rings is 2. The molecular formula is C21H23ClN4O3. The Bertz CT molecular complexity index is 904. The second-order valence-corrected chi connectivity index (χ2v) is 7.47. The van der Waals surface area contributed by atoms with Crippen LogP contribution in [0.2, 0.25) is 5.02 Å². The Morgan fingerprint density at radius 3 is 2.41 bits per heavy atom. The predicted octanol–water partition coefficient (Wildman–Crippen LogP) is 2.66. The highest BCUT2D eigenvalue weighted by molar-refractivity contribution is 6.30. The average Bonchev–Trinajstić information content (AvgIpc) is 2.95. The molecule has 2 N–H and O–H groups in total. The number of amides is 4. The Labute approximate surface area is 174 Å². The third-order valence-electron chi connectivity index (χ3n) is 4.90. The summed E-state index contributed by atoms with van der Waals surface area (Å²) < 4.78 is 0. The van der Waals surface area contributed by atoms with Gasteiger partial charge in [0.25, 0.3) is 11.8 Å². The topological polar surface area (TPSA) is 81.8 Å². The van der Waals surface area contributed by atoms with Crippen LogP contribution in [0.25, 0.3) is 0 Å². The third-order valence-corrected chi connectivity index (χ3v) is 5.16. The van der Waals surface area contributed by atoms with Crippen molar-refractivity contribution in [1.82, 2.24) is 20.7 Å². The zero-order valence-electron chi connectivity index (χ0n) is 16.3. The van der Waals surface area contributed by atoms with E-state index in [9.17, 15) is 14.4 Å². The normalized spacial score (nSPS) is 18.8. The van der Waals surface area contributed by atoms with Gasteiger partial charge in [-0.2, -0.15) is 5.01 Å². The van der Waals surface area contributed by atoms with Gasteiger partial charge in [0.1, 0.15) is 5.54 Å². The number of likely N-dealkylation sites (N-methyl/N-ethyl adjacent to an activating group) is 1. The van der Waals surface area contributed by atoms with Gasteiger partial charge in [0.05, 0.1) is 6.54 Å². The molecule has 0 saturated carbocycles. The van der Waals surface area contributed by atoms with E-state index >= 15 is 0 Å². The Kier molecular flexibility index (Phi) is 6.20. The van der Waals surface area contributed by atoms with E-state index < -0.39 is 23.4 Å². The highest BCUT2D eigenvalue weighted by atomic mass is 35.5. The maximum absolute atomic E-state index is 13.0. The van der Waals surface area contributed by atoms with Crippen LogP contribution in [0.1, 0.15) is 24.5 Å². The zero-order chi connectivity index (χ0) is 21.0. The Morgan fingerprint density at radius 2 is 1.79 bits per heavy atom. The van der Waals surface area contributed by atoms with E-state index in [-0.39, 0.29) is 6.54 Å². The van der Waals surface area contributed by atoms with E-state index in [2.05, 4.69) is 10.7 Å². The van der Waals surface area contributed by atoms with Crippen LogP contribution < -0.4 is 10.7 Å². The van der Waals surface area contributed by atoms with Crippen molar-refractivity contribution < 1.29 is 14.4 Å². The highest BCUT2D eigenvalue weighted by Gasteiger charge is 2.52. The molecule has 8 heteroatoms. The molecule has 2 aromatic rings. The molecule has 0 aromatic heterocycles. The molecule has 2 aromatic carbocycles. The molecule has 0 aliphatic carbocycles. The van der Waals surface area contributed by atoms with Crippen LogP contribution in [-0.2, 0) is 21.7 Å². The quantitative estimate of drug-likeness (QED) is 0.682. The number of hydrogen-bond acceptors (Lipinski definition) is 4. The minimum atomic E-state index is -1.18. The van der Waals surface area contributed by atoms with Crippen molar-refractivity contribution in [2.24, 2.45) is 0 Å². The lowest BCUT2D eigenvalue weighted by Crippen LogP contribution is -2.50. The van der Waals surface area contributed by atoms with Crippen LogP contribution in [0.15, 0.2) is 54.6 Å². The van der Waals surface area contributed by atoms with Crippen LogP contribution in [-0.4, -0.2) is 41.3 Å². The van der Waals surface area contributed by atoms with Crippen molar-refractivity contribution in [3.8, 4) is 0 Å². The minimum Gasteiger partial charge on any atom is -0.318 e. The molecule has 1 heterocycles. The van der Waals surface area contributed by atoms with Crippen LogP contribution in [0.5, 0.6) is 0 Å². The van der Waals surface area contributed by atoms with E-state index in [1.54, 1.807) is 48.3 Å². The number of urea groups is 1. The molecule has 152 valence electrons. The highest BCUT2D eigenvalue weighted by Crippen LogP contribution is 2.31. The SMILES string of the molecule is CC[C@]1(c2ccccc2)NC(=O)N(NC(=O)CN(C)Cc2ccc(Cl)cc2)C1=O. The standard InChI is InChI=1S/C21H23ClN4O3/c1-3-21(16-7-5-4-6-8-16)19(28)26(20(29)23-21)24-18(27)14-25(2)13-15-9-11-17(22)12-10-15/h4-12H,3,13-14H2,1-2H3,(H,23,29)(H,24,27)/t21-/m1/s1. The molecule has 0 spiro atoms. The second-order valence-electron chi connectivity index (χ2n) is 7.03. The first-order valence-corrected chi connectivity index (χ1v) is 9.68. The van der Waals surface area contributed by atoms with Crippen LogP contribution in [0.4, 0.5) is 4.79 Å². The summed E-state index contributed by atoms with van der Waals surface area (Å²) in [6.07, 6.45) is 0.366. The van der Waals surface area contributed by atoms with Crippen LogP contribution in [0, 0.1) is 0 Å². The summed E-state index contributed by atoms with van der Waals surface area (Å²) in [4.78, 5) is 39.7. The summed E-state index contributed by atoms with van der Waals surface area (Å²) in [6, 6.07) is 15.7. The first-order chi connectivity index (χ1) is 13.9. The van der Waals surface area contributed by atoms with E-state index in [0.29, 0.717) is 23.6 Å². The molecule has 1 saturated heterocycles. The van der Waals surface area contributed by atoms with Gasteiger partial charge in [-0.15, -0.1) is 0 Å². The average molecular weight is 415 g/mol. The lowest BCUT2D eigenvalue weighted by Gasteiger charge is -2.25. The van der Waals surface area contributed by atoms with Crippen molar-refractivity contribution >= 4 is 29.4 Å². The van der Waals surface area contributed by atoms with Gasteiger partial charge in [0.15, 0.2) is 0 Å². The lowest BCUT2D eigenvalue weighted by molar-refractivity contribution is -0.139. The van der Waals surface area contributed by atoms with E-state index in [1.807, 2.05) is 25.1 Å². The molecule has 0 radical (unpaired) electrons. The number of halogens is 1. The van der Waals surface area contributed by atoms with Gasteiger partial charge in [0, 0.05) is 11.6 Å².